The van der Waals surface area contributed by atoms with Gasteiger partial charge < -0.3 is 9.30 Å². The number of hydrogen-bond acceptors (Lipinski definition) is 5. The normalized spacial score (nSPS) is 15.4. The highest BCUT2D eigenvalue weighted by Gasteiger charge is 2.34. The van der Waals surface area contributed by atoms with Crippen molar-refractivity contribution in [1.29, 1.82) is 0 Å². The molecule has 2 amide bonds. The second-order valence-electron chi connectivity index (χ2n) is 6.40. The van der Waals surface area contributed by atoms with Crippen molar-refractivity contribution < 1.29 is 14.3 Å². The fraction of sp³-hybridized carbons (Fsp3) is 0.0952. The molecule has 0 spiro atoms. The number of para-hydroxylation sites is 1. The maximum absolute atomic E-state index is 12.8. The first-order chi connectivity index (χ1) is 14.0. The molecule has 0 bridgehead atoms. The smallest absolute Gasteiger partial charge is 0.285 e. The number of aromatic nitrogens is 1. The Bertz CT molecular complexity index is 1170. The van der Waals surface area contributed by atoms with E-state index in [1.54, 1.807) is 37.5 Å². The van der Waals surface area contributed by atoms with Crippen molar-refractivity contribution in [2.24, 2.45) is 7.05 Å². The number of aryl methyl sites for hydroxylation is 1. The van der Waals surface area contributed by atoms with Crippen LogP contribution in [0.4, 0.5) is 0 Å². The summed E-state index contributed by atoms with van der Waals surface area (Å²) >= 11 is 6.47. The Morgan fingerprint density at radius 2 is 1.90 bits per heavy atom. The fourth-order valence-corrected chi connectivity index (χ4v) is 4.27. The second-order valence-corrected chi connectivity index (χ2v) is 8.07. The van der Waals surface area contributed by atoms with Gasteiger partial charge in [0.2, 0.25) is 0 Å². The second kappa shape index (κ2) is 7.73. The van der Waals surface area contributed by atoms with Gasteiger partial charge in [0.25, 0.3) is 11.8 Å². The summed E-state index contributed by atoms with van der Waals surface area (Å²) in [4.78, 5) is 25.8. The van der Waals surface area contributed by atoms with E-state index in [4.69, 9.17) is 17.0 Å². The quantitative estimate of drug-likeness (QED) is 0.512. The van der Waals surface area contributed by atoms with E-state index < -0.39 is 5.91 Å². The fourth-order valence-electron chi connectivity index (χ4n) is 3.10. The van der Waals surface area contributed by atoms with Gasteiger partial charge in [-0.2, -0.15) is 5.01 Å². The van der Waals surface area contributed by atoms with Crippen molar-refractivity contribution in [3.63, 3.8) is 0 Å². The summed E-state index contributed by atoms with van der Waals surface area (Å²) in [5.74, 6) is -0.129. The van der Waals surface area contributed by atoms with Gasteiger partial charge in [-0.15, -0.1) is 0 Å². The molecule has 1 fully saturated rings. The van der Waals surface area contributed by atoms with E-state index in [0.717, 1.165) is 33.2 Å². The van der Waals surface area contributed by atoms with Crippen LogP contribution in [-0.2, 0) is 11.8 Å². The average molecular weight is 424 g/mol. The summed E-state index contributed by atoms with van der Waals surface area (Å²) in [6.07, 6.45) is 3.77. The SMILES string of the molecule is COc1ccc(C(=O)NN2C(=O)/C(=C\c3cn(C)c4ccccc34)SC2=S)cc1. The van der Waals surface area contributed by atoms with Gasteiger partial charge in [0.15, 0.2) is 4.32 Å². The van der Waals surface area contributed by atoms with Gasteiger partial charge in [-0.05, 0) is 48.6 Å². The highest BCUT2D eigenvalue weighted by atomic mass is 32.2. The first kappa shape index (κ1) is 19.2. The molecular weight excluding hydrogens is 406 g/mol. The van der Waals surface area contributed by atoms with Gasteiger partial charge in [0.05, 0.1) is 12.0 Å². The minimum absolute atomic E-state index is 0.281. The van der Waals surface area contributed by atoms with Crippen molar-refractivity contribution >= 4 is 57.1 Å². The number of hydrazine groups is 1. The van der Waals surface area contributed by atoms with Crippen LogP contribution in [0.15, 0.2) is 59.6 Å². The maximum atomic E-state index is 12.8. The van der Waals surface area contributed by atoms with Crippen LogP contribution in [0.5, 0.6) is 5.75 Å². The number of hydrogen-bond donors (Lipinski definition) is 1. The monoisotopic (exact) mass is 423 g/mol. The third-order valence-corrected chi connectivity index (χ3v) is 5.88. The molecule has 29 heavy (non-hydrogen) atoms. The van der Waals surface area contributed by atoms with Crippen LogP contribution >= 0.6 is 24.0 Å². The van der Waals surface area contributed by atoms with E-state index in [1.165, 1.54) is 0 Å². The molecule has 1 aliphatic rings. The molecule has 4 rings (SSSR count). The molecule has 2 heterocycles. The molecule has 0 unspecified atom stereocenters. The highest BCUT2D eigenvalue weighted by Crippen LogP contribution is 2.33. The molecule has 1 aliphatic heterocycles. The van der Waals surface area contributed by atoms with E-state index >= 15 is 0 Å². The number of carbonyl (C=O) groups is 2. The van der Waals surface area contributed by atoms with Crippen molar-refractivity contribution in [2.75, 3.05) is 7.11 Å². The topological polar surface area (TPSA) is 63.6 Å². The van der Waals surface area contributed by atoms with Crippen molar-refractivity contribution in [2.45, 2.75) is 0 Å². The number of ether oxygens (including phenoxy) is 1. The first-order valence-electron chi connectivity index (χ1n) is 8.75. The van der Waals surface area contributed by atoms with Gasteiger partial charge >= 0.3 is 0 Å². The molecule has 1 N–H and O–H groups in total. The molecule has 146 valence electrons. The molecule has 8 heteroatoms. The maximum Gasteiger partial charge on any atom is 0.285 e. The van der Waals surface area contributed by atoms with Gasteiger partial charge in [-0.25, -0.2) is 0 Å². The Balaban J connectivity index is 1.56. The van der Waals surface area contributed by atoms with Crippen LogP contribution < -0.4 is 10.2 Å². The number of rotatable bonds is 4. The van der Waals surface area contributed by atoms with E-state index in [0.29, 0.717) is 16.2 Å². The molecule has 6 nitrogen and oxygen atoms in total. The van der Waals surface area contributed by atoms with Crippen LogP contribution in [0.25, 0.3) is 17.0 Å². The number of nitrogens with zero attached hydrogens (tertiary/aromatic N) is 2. The lowest BCUT2D eigenvalue weighted by atomic mass is 10.1. The zero-order valence-corrected chi connectivity index (χ0v) is 17.3. The first-order valence-corrected chi connectivity index (χ1v) is 9.97. The summed E-state index contributed by atoms with van der Waals surface area (Å²) in [5, 5.41) is 2.16. The summed E-state index contributed by atoms with van der Waals surface area (Å²) in [6, 6.07) is 14.6. The van der Waals surface area contributed by atoms with Gasteiger partial charge in [-0.3, -0.25) is 15.0 Å². The zero-order chi connectivity index (χ0) is 20.5. The Morgan fingerprint density at radius 1 is 1.17 bits per heavy atom. The molecule has 1 aromatic heterocycles. The van der Waals surface area contributed by atoms with Crippen molar-refractivity contribution in [3.8, 4) is 5.75 Å². The predicted molar refractivity (Wildman–Crippen MR) is 118 cm³/mol. The van der Waals surface area contributed by atoms with E-state index in [1.807, 2.05) is 42.1 Å². The van der Waals surface area contributed by atoms with E-state index in [-0.39, 0.29) is 10.2 Å². The summed E-state index contributed by atoms with van der Waals surface area (Å²) in [7, 11) is 3.51. The highest BCUT2D eigenvalue weighted by molar-refractivity contribution is 8.26. The third kappa shape index (κ3) is 3.64. The number of benzene rings is 2. The number of amides is 2. The molecule has 3 aromatic rings. The predicted octanol–water partition coefficient (Wildman–Crippen LogP) is 3.73. The molecule has 0 saturated carbocycles. The van der Waals surface area contributed by atoms with Crippen LogP contribution in [0.3, 0.4) is 0 Å². The number of nitrogens with one attached hydrogen (secondary N) is 1. The summed E-state index contributed by atoms with van der Waals surface area (Å²) in [6.45, 7) is 0. The Labute approximate surface area is 177 Å². The van der Waals surface area contributed by atoms with Gasteiger partial charge in [-0.1, -0.05) is 30.0 Å². The Hall–Kier alpha value is -3.10. The van der Waals surface area contributed by atoms with Crippen LogP contribution in [0.1, 0.15) is 15.9 Å². The number of fused-ring (bicyclic) bond motifs is 1. The van der Waals surface area contributed by atoms with Crippen LogP contribution in [0.2, 0.25) is 0 Å². The van der Waals surface area contributed by atoms with Crippen LogP contribution in [-0.4, -0.2) is 32.8 Å². The number of thioether (sulfide) groups is 1. The zero-order valence-electron chi connectivity index (χ0n) is 15.7. The lowest BCUT2D eigenvalue weighted by Crippen LogP contribution is -2.44. The lowest BCUT2D eigenvalue weighted by Gasteiger charge is -2.15. The largest absolute Gasteiger partial charge is 0.497 e. The molecule has 2 aromatic carbocycles. The Morgan fingerprint density at radius 3 is 2.62 bits per heavy atom. The van der Waals surface area contributed by atoms with Gasteiger partial charge in [0.1, 0.15) is 5.75 Å². The third-order valence-electron chi connectivity index (χ3n) is 4.57. The van der Waals surface area contributed by atoms with Crippen molar-refractivity contribution in [3.05, 3.63) is 70.8 Å². The summed E-state index contributed by atoms with van der Waals surface area (Å²) < 4.78 is 7.38. The average Bonchev–Trinajstić information content (AvgIpc) is 3.19. The number of thiocarbonyl (C=S) groups is 1. The van der Waals surface area contributed by atoms with Gasteiger partial charge in [0, 0.05) is 35.3 Å². The molecule has 0 aliphatic carbocycles. The molecule has 0 radical (unpaired) electrons. The van der Waals surface area contributed by atoms with E-state index in [9.17, 15) is 9.59 Å². The lowest BCUT2D eigenvalue weighted by molar-refractivity contribution is -0.123. The standard InChI is InChI=1S/C21H17N3O3S2/c1-23-12-14(16-5-3-4-6-17(16)23)11-18-20(26)24(21(28)29-18)22-19(25)13-7-9-15(27-2)10-8-13/h3-12H,1-2H3,(H,22,25)/b18-11+. The molecule has 0 atom stereocenters. The Kier molecular flexibility index (Phi) is 5.12. The number of carbonyl (C=O) groups excluding carboxylic acids is 2. The minimum Gasteiger partial charge on any atom is -0.497 e. The minimum atomic E-state index is -0.421. The molecular formula is C21H17N3O3S2. The van der Waals surface area contributed by atoms with Crippen molar-refractivity contribution in [1.82, 2.24) is 15.0 Å². The summed E-state index contributed by atoms with van der Waals surface area (Å²) in [5.41, 5.74) is 4.98. The van der Waals surface area contributed by atoms with Crippen LogP contribution in [0, 0.1) is 0 Å². The van der Waals surface area contributed by atoms with E-state index in [2.05, 4.69) is 5.43 Å². The number of methoxy groups -OCH3 is 1. The molecule has 1 saturated heterocycles.